The molecular weight excluding hydrogens is 352 g/mol. The van der Waals surface area contributed by atoms with Gasteiger partial charge in [-0.15, -0.1) is 0 Å². The molecule has 7 nitrogen and oxygen atoms in total. The molecule has 0 N–H and O–H groups in total. The van der Waals surface area contributed by atoms with Crippen LogP contribution in [-0.4, -0.2) is 85.9 Å². The number of rotatable bonds is 20. The first-order valence-electron chi connectivity index (χ1n) is 9.57. The predicted octanol–water partition coefficient (Wildman–Crippen LogP) is 2.18. The minimum absolute atomic E-state index is 0.532. The molecule has 0 amide bonds. The summed E-state index contributed by atoms with van der Waals surface area (Å²) in [5.74, 6) is 0.854. The Bertz CT molecular complexity index is 403. The van der Waals surface area contributed by atoms with E-state index in [2.05, 4.69) is 0 Å². The first-order chi connectivity index (χ1) is 13.4. The molecule has 0 bridgehead atoms. The Balaban J connectivity index is 1.67. The lowest BCUT2D eigenvalue weighted by Crippen LogP contribution is -2.14. The highest BCUT2D eigenvalue weighted by Gasteiger charge is 1.95. The Morgan fingerprint density at radius 3 is 1.26 bits per heavy atom. The van der Waals surface area contributed by atoms with Gasteiger partial charge in [-0.05, 0) is 19.1 Å². The van der Waals surface area contributed by atoms with Crippen molar-refractivity contribution in [1.82, 2.24) is 0 Å². The van der Waals surface area contributed by atoms with Crippen LogP contribution in [0.5, 0.6) is 5.75 Å². The summed E-state index contributed by atoms with van der Waals surface area (Å²) in [5, 5.41) is 0. The summed E-state index contributed by atoms with van der Waals surface area (Å²) in [5.41, 5.74) is 0. The third-order valence-corrected chi connectivity index (χ3v) is 3.30. The van der Waals surface area contributed by atoms with Crippen LogP contribution in [0.4, 0.5) is 0 Å². The molecule has 0 aromatic heterocycles. The van der Waals surface area contributed by atoms with E-state index in [1.54, 1.807) is 0 Å². The van der Waals surface area contributed by atoms with Crippen LogP contribution in [0.15, 0.2) is 30.3 Å². The molecule has 1 rings (SSSR count). The van der Waals surface area contributed by atoms with Crippen LogP contribution in [0.1, 0.15) is 6.92 Å². The van der Waals surface area contributed by atoms with Crippen molar-refractivity contribution in [2.45, 2.75) is 6.92 Å². The van der Waals surface area contributed by atoms with Crippen LogP contribution in [-0.2, 0) is 28.4 Å². The van der Waals surface area contributed by atoms with Gasteiger partial charge in [0.25, 0.3) is 0 Å². The van der Waals surface area contributed by atoms with Gasteiger partial charge in [0, 0.05) is 6.61 Å². The Morgan fingerprint density at radius 1 is 0.481 bits per heavy atom. The van der Waals surface area contributed by atoms with E-state index >= 15 is 0 Å². The molecular formula is C20H34O7. The summed E-state index contributed by atoms with van der Waals surface area (Å²) in [6.07, 6.45) is 0. The van der Waals surface area contributed by atoms with Crippen molar-refractivity contribution in [3.63, 3.8) is 0 Å². The van der Waals surface area contributed by atoms with Crippen molar-refractivity contribution in [3.8, 4) is 5.75 Å². The van der Waals surface area contributed by atoms with Crippen LogP contribution in [0, 0.1) is 0 Å². The molecule has 27 heavy (non-hydrogen) atoms. The minimum Gasteiger partial charge on any atom is -0.491 e. The summed E-state index contributed by atoms with van der Waals surface area (Å²) in [4.78, 5) is 0. The monoisotopic (exact) mass is 386 g/mol. The van der Waals surface area contributed by atoms with Crippen LogP contribution < -0.4 is 4.74 Å². The van der Waals surface area contributed by atoms with E-state index in [0.717, 1.165) is 12.4 Å². The molecule has 0 aliphatic carbocycles. The van der Waals surface area contributed by atoms with Crippen LogP contribution >= 0.6 is 0 Å². The zero-order valence-electron chi connectivity index (χ0n) is 16.4. The fourth-order valence-corrected chi connectivity index (χ4v) is 1.98. The molecule has 1 aromatic rings. The predicted molar refractivity (Wildman–Crippen MR) is 103 cm³/mol. The van der Waals surface area contributed by atoms with Crippen LogP contribution in [0.2, 0.25) is 0 Å². The Labute approximate surface area is 162 Å². The van der Waals surface area contributed by atoms with Gasteiger partial charge < -0.3 is 33.2 Å². The van der Waals surface area contributed by atoms with E-state index in [-0.39, 0.29) is 0 Å². The first kappa shape index (κ1) is 23.8. The average molecular weight is 386 g/mol. The summed E-state index contributed by atoms with van der Waals surface area (Å²) < 4.78 is 37.7. The molecule has 7 heteroatoms. The zero-order chi connectivity index (χ0) is 19.3. The Kier molecular flexibility index (Phi) is 17.2. The van der Waals surface area contributed by atoms with E-state index in [0.29, 0.717) is 79.3 Å². The van der Waals surface area contributed by atoms with Gasteiger partial charge in [-0.25, -0.2) is 0 Å². The normalized spacial score (nSPS) is 11.0. The van der Waals surface area contributed by atoms with Crippen LogP contribution in [0.25, 0.3) is 0 Å². The van der Waals surface area contributed by atoms with E-state index in [1.165, 1.54) is 0 Å². The van der Waals surface area contributed by atoms with E-state index in [9.17, 15) is 0 Å². The van der Waals surface area contributed by atoms with E-state index in [4.69, 9.17) is 33.2 Å². The Hall–Kier alpha value is -1.22. The topological polar surface area (TPSA) is 64.6 Å². The highest BCUT2D eigenvalue weighted by atomic mass is 16.6. The molecule has 0 unspecified atom stereocenters. The molecule has 0 saturated heterocycles. The molecule has 0 radical (unpaired) electrons. The van der Waals surface area contributed by atoms with E-state index < -0.39 is 0 Å². The van der Waals surface area contributed by atoms with Crippen molar-refractivity contribution in [2.75, 3.05) is 85.9 Å². The number of hydrogen-bond donors (Lipinski definition) is 0. The first-order valence-corrected chi connectivity index (χ1v) is 9.57. The fraction of sp³-hybridized carbons (Fsp3) is 0.700. The molecule has 0 heterocycles. The van der Waals surface area contributed by atoms with Gasteiger partial charge in [0.05, 0.1) is 72.7 Å². The maximum absolute atomic E-state index is 5.52. The summed E-state index contributed by atoms with van der Waals surface area (Å²) >= 11 is 0. The smallest absolute Gasteiger partial charge is 0.119 e. The maximum atomic E-state index is 5.52. The number of ether oxygens (including phenoxy) is 7. The molecule has 0 fully saturated rings. The Morgan fingerprint density at radius 2 is 0.852 bits per heavy atom. The standard InChI is InChI=1S/C20H34O7/c1-2-21-8-9-22-10-11-23-12-13-24-14-15-25-16-17-26-18-19-27-20-6-4-3-5-7-20/h3-7H,2,8-19H2,1H3. The van der Waals surface area contributed by atoms with E-state index in [1.807, 2.05) is 37.3 Å². The van der Waals surface area contributed by atoms with Gasteiger partial charge in [-0.3, -0.25) is 0 Å². The summed E-state index contributed by atoms with van der Waals surface area (Å²) in [6.45, 7) is 9.43. The molecule has 0 aliphatic heterocycles. The van der Waals surface area contributed by atoms with Gasteiger partial charge in [0.1, 0.15) is 12.4 Å². The van der Waals surface area contributed by atoms with Crippen molar-refractivity contribution in [3.05, 3.63) is 30.3 Å². The molecule has 1 aromatic carbocycles. The van der Waals surface area contributed by atoms with Crippen molar-refractivity contribution in [2.24, 2.45) is 0 Å². The number of benzene rings is 1. The summed E-state index contributed by atoms with van der Waals surface area (Å²) in [7, 11) is 0. The molecule has 156 valence electrons. The molecule has 0 atom stereocenters. The lowest BCUT2D eigenvalue weighted by molar-refractivity contribution is -0.0173. The molecule has 0 aliphatic rings. The number of hydrogen-bond acceptors (Lipinski definition) is 7. The van der Waals surface area contributed by atoms with Gasteiger partial charge in [0.15, 0.2) is 0 Å². The minimum atomic E-state index is 0.532. The summed E-state index contributed by atoms with van der Waals surface area (Å²) in [6, 6.07) is 9.69. The second-order valence-electron chi connectivity index (χ2n) is 5.42. The lowest BCUT2D eigenvalue weighted by Gasteiger charge is -2.08. The average Bonchev–Trinajstić information content (AvgIpc) is 2.70. The highest BCUT2D eigenvalue weighted by Crippen LogP contribution is 2.07. The molecule has 0 spiro atoms. The molecule has 0 saturated carbocycles. The van der Waals surface area contributed by atoms with Crippen molar-refractivity contribution < 1.29 is 33.2 Å². The third-order valence-electron chi connectivity index (χ3n) is 3.30. The second-order valence-corrected chi connectivity index (χ2v) is 5.42. The van der Waals surface area contributed by atoms with Gasteiger partial charge in [0.2, 0.25) is 0 Å². The largest absolute Gasteiger partial charge is 0.491 e. The quantitative estimate of drug-likeness (QED) is 0.318. The lowest BCUT2D eigenvalue weighted by atomic mass is 10.3. The van der Waals surface area contributed by atoms with Crippen molar-refractivity contribution >= 4 is 0 Å². The van der Waals surface area contributed by atoms with Crippen LogP contribution in [0.3, 0.4) is 0 Å². The zero-order valence-corrected chi connectivity index (χ0v) is 16.4. The van der Waals surface area contributed by atoms with Crippen molar-refractivity contribution in [1.29, 1.82) is 0 Å². The second kappa shape index (κ2) is 19.5. The highest BCUT2D eigenvalue weighted by molar-refractivity contribution is 5.20. The van der Waals surface area contributed by atoms with Gasteiger partial charge in [-0.2, -0.15) is 0 Å². The maximum Gasteiger partial charge on any atom is 0.119 e. The third kappa shape index (κ3) is 16.7. The SMILES string of the molecule is CCOCCOCCOCCOCCOCCOCCOc1ccccc1. The van der Waals surface area contributed by atoms with Gasteiger partial charge >= 0.3 is 0 Å². The fourth-order valence-electron chi connectivity index (χ4n) is 1.98. The van der Waals surface area contributed by atoms with Gasteiger partial charge in [-0.1, -0.05) is 18.2 Å². The number of para-hydroxylation sites is 1.